The van der Waals surface area contributed by atoms with E-state index in [2.05, 4.69) is 55.5 Å². The number of likely N-dealkylation sites (N-methyl/N-ethyl adjacent to an activating group) is 1. The fourth-order valence-corrected chi connectivity index (χ4v) is 7.93. The molecular formula is C52H99NO7P+. The van der Waals surface area contributed by atoms with E-state index >= 15 is 0 Å². The van der Waals surface area contributed by atoms with Crippen LogP contribution in [0.1, 0.15) is 225 Å². The Balaban J connectivity index is 3.30. The summed E-state index contributed by atoms with van der Waals surface area (Å²) in [4.78, 5) is 21.7. The normalized spacial score (nSPS) is 14.0. The number of aliphatic hydroxyl groups excluding tert-OH is 1. The van der Waals surface area contributed by atoms with Crippen LogP contribution < -0.4 is 0 Å². The zero-order valence-electron chi connectivity index (χ0n) is 40.4. The van der Waals surface area contributed by atoms with Gasteiger partial charge in [0.25, 0.3) is 0 Å². The van der Waals surface area contributed by atoms with Gasteiger partial charge in [0, 0.05) is 6.42 Å². The van der Waals surface area contributed by atoms with E-state index in [4.69, 9.17) is 13.8 Å². The van der Waals surface area contributed by atoms with Crippen LogP contribution >= 0.6 is 7.82 Å². The molecule has 358 valence electrons. The van der Waals surface area contributed by atoms with E-state index in [-0.39, 0.29) is 19.2 Å². The first-order chi connectivity index (χ1) is 29.6. The van der Waals surface area contributed by atoms with Crippen molar-refractivity contribution in [2.45, 2.75) is 231 Å². The molecule has 0 aliphatic heterocycles. The maximum Gasteiger partial charge on any atom is 0.472 e. The van der Waals surface area contributed by atoms with Crippen LogP contribution in [0.15, 0.2) is 48.6 Å². The highest BCUT2D eigenvalue weighted by Gasteiger charge is 2.24. The number of ether oxygens (including phenoxy) is 1. The highest BCUT2D eigenvalue weighted by Crippen LogP contribution is 2.43. The van der Waals surface area contributed by atoms with Crippen molar-refractivity contribution in [1.29, 1.82) is 0 Å². The molecule has 8 nitrogen and oxygen atoms in total. The average molecular weight is 881 g/mol. The van der Waals surface area contributed by atoms with Crippen molar-refractivity contribution in [2.75, 3.05) is 47.5 Å². The van der Waals surface area contributed by atoms with Gasteiger partial charge >= 0.3 is 13.8 Å². The third-order valence-electron chi connectivity index (χ3n) is 11.1. The number of aliphatic hydroxyl groups is 1. The quantitative estimate of drug-likeness (QED) is 0.0206. The lowest BCUT2D eigenvalue weighted by molar-refractivity contribution is -0.870. The number of phosphoric ester groups is 1. The van der Waals surface area contributed by atoms with E-state index in [0.717, 1.165) is 44.9 Å². The van der Waals surface area contributed by atoms with E-state index in [1.807, 2.05) is 21.1 Å². The zero-order valence-corrected chi connectivity index (χ0v) is 41.3. The predicted octanol–water partition coefficient (Wildman–Crippen LogP) is 15.2. The highest BCUT2D eigenvalue weighted by atomic mass is 31.2. The Hall–Kier alpha value is -1.54. The Labute approximate surface area is 377 Å². The largest absolute Gasteiger partial charge is 0.472 e. The van der Waals surface area contributed by atoms with Gasteiger partial charge in [0.05, 0.1) is 27.7 Å². The summed E-state index contributed by atoms with van der Waals surface area (Å²) in [5.74, 6) is -0.367. The van der Waals surface area contributed by atoms with Crippen LogP contribution in [0.4, 0.5) is 0 Å². The number of hydrogen-bond acceptors (Lipinski definition) is 6. The molecule has 0 saturated heterocycles. The van der Waals surface area contributed by atoms with Crippen LogP contribution in [0, 0.1) is 0 Å². The van der Waals surface area contributed by atoms with Gasteiger partial charge in [-0.1, -0.05) is 222 Å². The molecule has 9 heteroatoms. The summed E-state index contributed by atoms with van der Waals surface area (Å²) >= 11 is 0. The van der Waals surface area contributed by atoms with Crippen molar-refractivity contribution in [3.8, 4) is 0 Å². The van der Waals surface area contributed by atoms with E-state index in [9.17, 15) is 19.4 Å². The van der Waals surface area contributed by atoms with Crippen molar-refractivity contribution >= 4 is 13.8 Å². The second-order valence-electron chi connectivity index (χ2n) is 18.4. The molecule has 0 saturated carbocycles. The topological polar surface area (TPSA) is 102 Å². The van der Waals surface area contributed by atoms with Crippen molar-refractivity contribution in [2.24, 2.45) is 0 Å². The molecule has 2 atom stereocenters. The van der Waals surface area contributed by atoms with Gasteiger partial charge in [-0.3, -0.25) is 13.8 Å². The number of allylic oxidation sites excluding steroid dienone is 8. The van der Waals surface area contributed by atoms with Crippen LogP contribution in [-0.2, 0) is 23.1 Å². The fourth-order valence-electron chi connectivity index (χ4n) is 7.18. The average Bonchev–Trinajstić information content (AvgIpc) is 3.22. The molecule has 2 unspecified atom stereocenters. The van der Waals surface area contributed by atoms with Crippen molar-refractivity contribution in [1.82, 2.24) is 0 Å². The SMILES string of the molecule is CC/C=C\C/C=C\C/C=C\C/C=C\CCCCCCCCCCCCCCCCCCCCCCCCCCCCCCC(=O)OCC(O)COP(=O)(O)OCC[N+](C)(C)C. The maximum atomic E-state index is 12.0. The molecule has 0 spiro atoms. The molecule has 2 N–H and O–H groups in total. The lowest BCUT2D eigenvalue weighted by atomic mass is 10.0. The van der Waals surface area contributed by atoms with Gasteiger partial charge in [-0.15, -0.1) is 0 Å². The monoisotopic (exact) mass is 881 g/mol. The Morgan fingerprint density at radius 1 is 0.508 bits per heavy atom. The fraction of sp³-hybridized carbons (Fsp3) is 0.827. The summed E-state index contributed by atoms with van der Waals surface area (Å²) in [7, 11) is 1.57. The van der Waals surface area contributed by atoms with Crippen molar-refractivity contribution < 1.29 is 37.6 Å². The Morgan fingerprint density at radius 2 is 0.852 bits per heavy atom. The van der Waals surface area contributed by atoms with Gasteiger partial charge in [-0.2, -0.15) is 0 Å². The second kappa shape index (κ2) is 45.0. The first-order valence-electron chi connectivity index (χ1n) is 25.4. The Morgan fingerprint density at radius 3 is 1.23 bits per heavy atom. The minimum absolute atomic E-state index is 0.0557. The smallest absolute Gasteiger partial charge is 0.463 e. The molecule has 0 aromatic carbocycles. The van der Waals surface area contributed by atoms with Crippen LogP contribution in [0.25, 0.3) is 0 Å². The number of carbonyl (C=O) groups is 1. The number of esters is 1. The van der Waals surface area contributed by atoms with Gasteiger partial charge in [0.1, 0.15) is 25.9 Å². The van der Waals surface area contributed by atoms with E-state index in [1.54, 1.807) is 0 Å². The summed E-state index contributed by atoms with van der Waals surface area (Å²) in [6, 6.07) is 0. The first-order valence-corrected chi connectivity index (χ1v) is 26.9. The first kappa shape index (κ1) is 59.5. The van der Waals surface area contributed by atoms with Crippen LogP contribution in [0.2, 0.25) is 0 Å². The molecule has 0 amide bonds. The lowest BCUT2D eigenvalue weighted by Gasteiger charge is -2.24. The standard InChI is InChI=1S/C52H98NO7P/c1-5-6-7-8-9-10-11-12-13-14-15-16-17-18-19-20-21-22-23-24-25-26-27-28-29-30-31-32-33-34-35-36-37-38-39-40-41-42-43-44-45-46-52(55)58-49-51(54)50-60-61(56,57)59-48-47-53(2,3)4/h6-7,9-10,12-13,15-16,51,54H,5,8,11,14,17-50H2,1-4H3/p+1/b7-6-,10-9-,13-12-,16-15-. The minimum atomic E-state index is -4.25. The van der Waals surface area contributed by atoms with Gasteiger partial charge in [-0.05, 0) is 44.9 Å². The third-order valence-corrected chi connectivity index (χ3v) is 12.1. The van der Waals surface area contributed by atoms with Gasteiger partial charge in [-0.25, -0.2) is 4.57 Å². The Bertz CT molecular complexity index is 1120. The van der Waals surface area contributed by atoms with Crippen molar-refractivity contribution in [3.05, 3.63) is 48.6 Å². The molecule has 0 radical (unpaired) electrons. The van der Waals surface area contributed by atoms with Gasteiger partial charge < -0.3 is 19.2 Å². The van der Waals surface area contributed by atoms with Gasteiger partial charge in [0.2, 0.25) is 0 Å². The highest BCUT2D eigenvalue weighted by molar-refractivity contribution is 7.47. The third kappa shape index (κ3) is 51.0. The molecule has 61 heavy (non-hydrogen) atoms. The molecule has 0 aliphatic rings. The number of hydrogen-bond donors (Lipinski definition) is 2. The molecular weight excluding hydrogens is 782 g/mol. The molecule has 0 aromatic rings. The number of carbonyl (C=O) groups excluding carboxylic acids is 1. The predicted molar refractivity (Wildman–Crippen MR) is 261 cm³/mol. The van der Waals surface area contributed by atoms with Crippen LogP contribution in [0.5, 0.6) is 0 Å². The summed E-state index contributed by atoms with van der Waals surface area (Å²) in [6.45, 7) is 2.05. The lowest BCUT2D eigenvalue weighted by Crippen LogP contribution is -2.37. The molecule has 0 heterocycles. The number of nitrogens with zero attached hydrogens (tertiary/aromatic N) is 1. The minimum Gasteiger partial charge on any atom is -0.463 e. The second-order valence-corrected chi connectivity index (χ2v) is 19.8. The van der Waals surface area contributed by atoms with E-state index in [0.29, 0.717) is 17.4 Å². The van der Waals surface area contributed by atoms with Crippen LogP contribution in [0.3, 0.4) is 0 Å². The summed E-state index contributed by atoms with van der Waals surface area (Å²) in [6.07, 6.45) is 60.6. The molecule has 0 aromatic heterocycles. The van der Waals surface area contributed by atoms with E-state index < -0.39 is 20.5 Å². The number of quaternary nitrogens is 1. The Kier molecular flexibility index (Phi) is 43.9. The summed E-state index contributed by atoms with van der Waals surface area (Å²) < 4.78 is 27.3. The number of phosphoric acid groups is 1. The number of rotatable bonds is 47. The summed E-state index contributed by atoms with van der Waals surface area (Å²) in [5.41, 5.74) is 0. The molecule has 0 aliphatic carbocycles. The molecule has 0 bridgehead atoms. The zero-order chi connectivity index (χ0) is 44.8. The number of unbranched alkanes of at least 4 members (excludes halogenated alkanes) is 28. The van der Waals surface area contributed by atoms with Crippen molar-refractivity contribution in [3.63, 3.8) is 0 Å². The van der Waals surface area contributed by atoms with Crippen LogP contribution in [-0.4, -0.2) is 74.1 Å². The van der Waals surface area contributed by atoms with Gasteiger partial charge in [0.15, 0.2) is 0 Å². The summed E-state index contributed by atoms with van der Waals surface area (Å²) in [5, 5.41) is 9.93. The van der Waals surface area contributed by atoms with E-state index in [1.165, 1.54) is 167 Å². The maximum absolute atomic E-state index is 12.0. The molecule has 0 fully saturated rings. The molecule has 0 rings (SSSR count).